The van der Waals surface area contributed by atoms with Gasteiger partial charge in [0.15, 0.2) is 11.5 Å². The lowest BCUT2D eigenvalue weighted by atomic mass is 9.96. The summed E-state index contributed by atoms with van der Waals surface area (Å²) in [6, 6.07) is 4.08. The Hall–Kier alpha value is -2.10. The monoisotopic (exact) mass is 399 g/mol. The van der Waals surface area contributed by atoms with Crippen molar-refractivity contribution in [2.24, 2.45) is 0 Å². The van der Waals surface area contributed by atoms with Crippen LogP contribution in [0.25, 0.3) is 5.65 Å². The van der Waals surface area contributed by atoms with Crippen LogP contribution >= 0.6 is 11.3 Å². The number of aliphatic hydroxyl groups is 1. The maximum Gasteiger partial charge on any atom is 0.178 e. The molecular weight excluding hydrogens is 374 g/mol. The number of hydrogen-bond acceptors (Lipinski definition) is 8. The Morgan fingerprint density at radius 1 is 1.11 bits per heavy atom. The zero-order chi connectivity index (χ0) is 18.9. The molecule has 8 nitrogen and oxygen atoms in total. The molecule has 0 aromatic carbocycles. The molecule has 1 atom stereocenters. The average Bonchev–Trinajstić information content (AvgIpc) is 3.49. The quantitative estimate of drug-likeness (QED) is 0.703. The van der Waals surface area contributed by atoms with Crippen LogP contribution in [0.3, 0.4) is 0 Å². The second-order valence-corrected chi connectivity index (χ2v) is 8.44. The maximum absolute atomic E-state index is 10.3. The van der Waals surface area contributed by atoms with Crippen LogP contribution in [-0.4, -0.2) is 67.5 Å². The molecule has 28 heavy (non-hydrogen) atoms. The highest BCUT2D eigenvalue weighted by Crippen LogP contribution is 2.28. The van der Waals surface area contributed by atoms with Gasteiger partial charge < -0.3 is 14.9 Å². The van der Waals surface area contributed by atoms with E-state index in [1.807, 2.05) is 16.0 Å². The van der Waals surface area contributed by atoms with E-state index >= 15 is 0 Å². The summed E-state index contributed by atoms with van der Waals surface area (Å²) in [6.45, 7) is 4.67. The van der Waals surface area contributed by atoms with Gasteiger partial charge in [-0.1, -0.05) is 0 Å². The number of nitrogens with zero attached hydrogens (tertiary/aromatic N) is 7. The van der Waals surface area contributed by atoms with Gasteiger partial charge in [0, 0.05) is 30.9 Å². The predicted molar refractivity (Wildman–Crippen MR) is 108 cm³/mol. The Balaban J connectivity index is 1.27. The van der Waals surface area contributed by atoms with Crippen LogP contribution < -0.4 is 4.90 Å². The van der Waals surface area contributed by atoms with Crippen molar-refractivity contribution in [1.82, 2.24) is 29.7 Å². The summed E-state index contributed by atoms with van der Waals surface area (Å²) in [5, 5.41) is 25.9. The van der Waals surface area contributed by atoms with E-state index in [1.54, 1.807) is 5.51 Å². The lowest BCUT2D eigenvalue weighted by molar-refractivity contribution is 0.0940. The fourth-order valence-corrected chi connectivity index (χ4v) is 4.86. The Kier molecular flexibility index (Phi) is 4.96. The molecule has 0 radical (unpaired) electrons. The lowest BCUT2D eigenvalue weighted by Gasteiger charge is -2.32. The highest BCUT2D eigenvalue weighted by Gasteiger charge is 2.27. The SMILES string of the molecule is OC(CN1CCC(c2nnc3ccc(N4CCCC4)nn23)CC1)c1cscn1. The molecule has 2 aliphatic heterocycles. The Labute approximate surface area is 167 Å². The first kappa shape index (κ1) is 18.0. The largest absolute Gasteiger partial charge is 0.385 e. The Bertz CT molecular complexity index is 914. The van der Waals surface area contributed by atoms with Crippen molar-refractivity contribution < 1.29 is 5.11 Å². The normalized spacial score (nSPS) is 20.2. The van der Waals surface area contributed by atoms with Crippen LogP contribution in [0.1, 0.15) is 49.2 Å². The summed E-state index contributed by atoms with van der Waals surface area (Å²) in [5.41, 5.74) is 3.36. The van der Waals surface area contributed by atoms with Crippen LogP contribution in [0.2, 0.25) is 0 Å². The molecule has 1 unspecified atom stereocenters. The highest BCUT2D eigenvalue weighted by molar-refractivity contribution is 7.07. The van der Waals surface area contributed by atoms with Crippen molar-refractivity contribution in [1.29, 1.82) is 0 Å². The van der Waals surface area contributed by atoms with Crippen LogP contribution in [0, 0.1) is 0 Å². The number of aromatic nitrogens is 5. The molecular formula is C19H25N7OS. The maximum atomic E-state index is 10.3. The molecule has 5 rings (SSSR count). The number of rotatable bonds is 5. The summed E-state index contributed by atoms with van der Waals surface area (Å²) in [6.07, 6.45) is 3.96. The summed E-state index contributed by atoms with van der Waals surface area (Å²) in [7, 11) is 0. The molecule has 0 spiro atoms. The van der Waals surface area contributed by atoms with Crippen molar-refractivity contribution >= 4 is 22.8 Å². The molecule has 2 aliphatic rings. The van der Waals surface area contributed by atoms with Crippen LogP contribution in [0.5, 0.6) is 0 Å². The Morgan fingerprint density at radius 3 is 2.68 bits per heavy atom. The standard InChI is InChI=1S/C19H25N7OS/c27-16(15-12-28-13-20-15)11-24-9-5-14(6-10-24)19-22-21-17-3-4-18(23-26(17)19)25-7-1-2-8-25/h3-4,12-14,16,27H,1-2,5-11H2. The van der Waals surface area contributed by atoms with Gasteiger partial charge in [-0.25, -0.2) is 4.98 Å². The second kappa shape index (κ2) is 7.73. The van der Waals surface area contributed by atoms with Gasteiger partial charge in [-0.05, 0) is 50.9 Å². The number of hydrogen-bond donors (Lipinski definition) is 1. The van der Waals surface area contributed by atoms with Gasteiger partial charge in [0.1, 0.15) is 11.9 Å². The highest BCUT2D eigenvalue weighted by atomic mass is 32.1. The van der Waals surface area contributed by atoms with Gasteiger partial charge in [0.2, 0.25) is 0 Å². The van der Waals surface area contributed by atoms with Gasteiger partial charge in [-0.3, -0.25) is 0 Å². The number of likely N-dealkylation sites (tertiary alicyclic amines) is 1. The van der Waals surface area contributed by atoms with Crippen molar-refractivity contribution in [2.75, 3.05) is 37.6 Å². The molecule has 9 heteroatoms. The fourth-order valence-electron chi connectivity index (χ4n) is 4.26. The first-order valence-electron chi connectivity index (χ1n) is 10.0. The molecule has 2 fully saturated rings. The molecule has 1 N–H and O–H groups in total. The van der Waals surface area contributed by atoms with Crippen LogP contribution in [-0.2, 0) is 0 Å². The molecule has 3 aromatic rings. The molecule has 0 amide bonds. The molecule has 0 saturated carbocycles. The minimum atomic E-state index is -0.513. The third kappa shape index (κ3) is 3.49. The summed E-state index contributed by atoms with van der Waals surface area (Å²) in [4.78, 5) is 8.87. The third-order valence-corrected chi connectivity index (χ3v) is 6.48. The minimum absolute atomic E-state index is 0.351. The number of piperidine rings is 1. The molecule has 0 bridgehead atoms. The average molecular weight is 400 g/mol. The van der Waals surface area contributed by atoms with Crippen molar-refractivity contribution in [2.45, 2.75) is 37.7 Å². The number of fused-ring (bicyclic) bond motifs is 1. The zero-order valence-corrected chi connectivity index (χ0v) is 16.6. The summed E-state index contributed by atoms with van der Waals surface area (Å²) < 4.78 is 1.94. The van der Waals surface area contributed by atoms with E-state index in [0.29, 0.717) is 12.5 Å². The topological polar surface area (TPSA) is 82.7 Å². The number of β-amino-alcohol motifs (C(OH)–C–C–N with tert-alkyl or cyclic N) is 1. The van der Waals surface area contributed by atoms with Crippen molar-refractivity contribution in [3.8, 4) is 0 Å². The van der Waals surface area contributed by atoms with E-state index in [-0.39, 0.29) is 0 Å². The predicted octanol–water partition coefficient (Wildman–Crippen LogP) is 2.09. The third-order valence-electron chi connectivity index (χ3n) is 5.88. The molecule has 148 valence electrons. The van der Waals surface area contributed by atoms with E-state index in [9.17, 15) is 5.11 Å². The molecule has 0 aliphatic carbocycles. The van der Waals surface area contributed by atoms with Crippen molar-refractivity contribution in [3.05, 3.63) is 34.5 Å². The van der Waals surface area contributed by atoms with Crippen LogP contribution in [0.4, 0.5) is 5.82 Å². The molecule has 5 heterocycles. The number of thiazole rings is 1. The van der Waals surface area contributed by atoms with E-state index in [2.05, 4.69) is 31.0 Å². The zero-order valence-electron chi connectivity index (χ0n) is 15.8. The number of anilines is 1. The van der Waals surface area contributed by atoms with Crippen LogP contribution in [0.15, 0.2) is 23.0 Å². The van der Waals surface area contributed by atoms with Gasteiger partial charge in [0.05, 0.1) is 11.2 Å². The smallest absolute Gasteiger partial charge is 0.178 e. The minimum Gasteiger partial charge on any atom is -0.385 e. The van der Waals surface area contributed by atoms with E-state index in [0.717, 1.165) is 62.0 Å². The van der Waals surface area contributed by atoms with Gasteiger partial charge >= 0.3 is 0 Å². The first-order valence-corrected chi connectivity index (χ1v) is 11.0. The van der Waals surface area contributed by atoms with Gasteiger partial charge in [0.25, 0.3) is 0 Å². The summed E-state index contributed by atoms with van der Waals surface area (Å²) >= 11 is 1.52. The Morgan fingerprint density at radius 2 is 1.93 bits per heavy atom. The van der Waals surface area contributed by atoms with E-state index in [4.69, 9.17) is 5.10 Å². The molecule has 3 aromatic heterocycles. The second-order valence-electron chi connectivity index (χ2n) is 7.72. The first-order chi connectivity index (χ1) is 13.8. The number of aliphatic hydroxyl groups excluding tert-OH is 1. The summed E-state index contributed by atoms with van der Waals surface area (Å²) in [5.74, 6) is 2.34. The van der Waals surface area contributed by atoms with E-state index < -0.39 is 6.10 Å². The molecule has 2 saturated heterocycles. The van der Waals surface area contributed by atoms with Gasteiger partial charge in [-0.2, -0.15) is 4.52 Å². The van der Waals surface area contributed by atoms with E-state index in [1.165, 1.54) is 24.2 Å². The lowest BCUT2D eigenvalue weighted by Crippen LogP contribution is -2.36. The van der Waals surface area contributed by atoms with Gasteiger partial charge in [-0.15, -0.1) is 26.6 Å². The fraction of sp³-hybridized carbons (Fsp3) is 0.579. The van der Waals surface area contributed by atoms with Crippen molar-refractivity contribution in [3.63, 3.8) is 0 Å².